The van der Waals surface area contributed by atoms with Crippen molar-refractivity contribution in [1.82, 2.24) is 0 Å². The second-order valence-electron chi connectivity index (χ2n) is 5.09. The van der Waals surface area contributed by atoms with E-state index in [4.69, 9.17) is 9.47 Å². The van der Waals surface area contributed by atoms with E-state index in [1.807, 2.05) is 0 Å². The Hall–Kier alpha value is -1.55. The molecule has 0 heterocycles. The number of hydrogen-bond donors (Lipinski definition) is 1. The van der Waals surface area contributed by atoms with Gasteiger partial charge in [-0.05, 0) is 31.0 Å². The summed E-state index contributed by atoms with van der Waals surface area (Å²) >= 11 is 0. The minimum Gasteiger partial charge on any atom is -0.497 e. The van der Waals surface area contributed by atoms with Gasteiger partial charge in [0.15, 0.2) is 0 Å². The van der Waals surface area contributed by atoms with E-state index in [9.17, 15) is 9.90 Å². The first-order valence-electron chi connectivity index (χ1n) is 6.92. The number of carbonyl (C=O) groups excluding carboxylic acids is 1. The van der Waals surface area contributed by atoms with Crippen molar-refractivity contribution in [2.75, 3.05) is 14.2 Å². The molecule has 4 nitrogen and oxygen atoms in total. The minimum atomic E-state index is -1.26. The lowest BCUT2D eigenvalue weighted by Crippen LogP contribution is -2.38. The zero-order valence-corrected chi connectivity index (χ0v) is 12.7. The molecule has 0 saturated carbocycles. The number of esters is 1. The molecule has 2 atom stereocenters. The molecule has 4 heteroatoms. The highest BCUT2D eigenvalue weighted by atomic mass is 16.5. The summed E-state index contributed by atoms with van der Waals surface area (Å²) in [5.41, 5.74) is -0.570. The van der Waals surface area contributed by atoms with Gasteiger partial charge in [0.1, 0.15) is 11.4 Å². The lowest BCUT2D eigenvalue weighted by Gasteiger charge is -2.31. The molecule has 0 fully saturated rings. The summed E-state index contributed by atoms with van der Waals surface area (Å²) in [7, 11) is 2.94. The van der Waals surface area contributed by atoms with Crippen LogP contribution >= 0.6 is 0 Å². The third kappa shape index (κ3) is 3.73. The lowest BCUT2D eigenvalue weighted by atomic mass is 9.80. The van der Waals surface area contributed by atoms with E-state index >= 15 is 0 Å². The fourth-order valence-electron chi connectivity index (χ4n) is 2.31. The standard InChI is InChI=1S/C16H24O4/c1-5-6-7-14(15(17)20-4)16(2,18)12-8-10-13(19-3)11-9-12/h8-11,14,18H,5-7H2,1-4H3. The second kappa shape index (κ2) is 7.29. The van der Waals surface area contributed by atoms with Crippen molar-refractivity contribution in [2.24, 2.45) is 5.92 Å². The molecule has 0 aliphatic heterocycles. The smallest absolute Gasteiger partial charge is 0.311 e. The Morgan fingerprint density at radius 2 is 1.90 bits per heavy atom. The molecule has 0 aliphatic rings. The average molecular weight is 280 g/mol. The van der Waals surface area contributed by atoms with Gasteiger partial charge in [0, 0.05) is 0 Å². The predicted octanol–water partition coefficient (Wildman–Crippen LogP) is 2.88. The van der Waals surface area contributed by atoms with Crippen LogP contribution in [-0.4, -0.2) is 25.3 Å². The Morgan fingerprint density at radius 1 is 1.30 bits per heavy atom. The van der Waals surface area contributed by atoms with Crippen molar-refractivity contribution < 1.29 is 19.4 Å². The Morgan fingerprint density at radius 3 is 2.35 bits per heavy atom. The van der Waals surface area contributed by atoms with E-state index in [0.29, 0.717) is 17.7 Å². The van der Waals surface area contributed by atoms with Crippen molar-refractivity contribution in [3.63, 3.8) is 0 Å². The van der Waals surface area contributed by atoms with Crippen LogP contribution in [0.1, 0.15) is 38.7 Å². The number of ether oxygens (including phenoxy) is 2. The summed E-state index contributed by atoms with van der Waals surface area (Å²) in [6.07, 6.45) is 2.43. The summed E-state index contributed by atoms with van der Waals surface area (Å²) in [5.74, 6) is -0.229. The van der Waals surface area contributed by atoms with Crippen LogP contribution in [0.4, 0.5) is 0 Å². The first-order chi connectivity index (χ1) is 9.47. The highest BCUT2D eigenvalue weighted by Crippen LogP contribution is 2.34. The summed E-state index contributed by atoms with van der Waals surface area (Å²) in [4.78, 5) is 12.0. The van der Waals surface area contributed by atoms with Gasteiger partial charge in [-0.1, -0.05) is 31.9 Å². The van der Waals surface area contributed by atoms with Crippen molar-refractivity contribution in [1.29, 1.82) is 0 Å². The molecule has 1 aromatic carbocycles. The van der Waals surface area contributed by atoms with Gasteiger partial charge in [-0.3, -0.25) is 4.79 Å². The van der Waals surface area contributed by atoms with Gasteiger partial charge in [0.05, 0.1) is 20.1 Å². The second-order valence-corrected chi connectivity index (χ2v) is 5.09. The minimum absolute atomic E-state index is 0.376. The van der Waals surface area contributed by atoms with Crippen molar-refractivity contribution in [3.05, 3.63) is 29.8 Å². The highest BCUT2D eigenvalue weighted by molar-refractivity contribution is 5.74. The van der Waals surface area contributed by atoms with E-state index in [1.165, 1.54) is 7.11 Å². The summed E-state index contributed by atoms with van der Waals surface area (Å²) in [6, 6.07) is 7.11. The van der Waals surface area contributed by atoms with E-state index in [2.05, 4.69) is 6.92 Å². The molecular formula is C16H24O4. The van der Waals surface area contributed by atoms with Gasteiger partial charge >= 0.3 is 5.97 Å². The van der Waals surface area contributed by atoms with Gasteiger partial charge in [-0.15, -0.1) is 0 Å². The summed E-state index contributed by atoms with van der Waals surface area (Å²) < 4.78 is 9.94. The maximum Gasteiger partial charge on any atom is 0.311 e. The first kappa shape index (κ1) is 16.5. The Bertz CT molecular complexity index is 423. The van der Waals surface area contributed by atoms with E-state index in [1.54, 1.807) is 38.3 Å². The topological polar surface area (TPSA) is 55.8 Å². The molecule has 0 amide bonds. The molecule has 0 radical (unpaired) electrons. The molecule has 20 heavy (non-hydrogen) atoms. The third-order valence-electron chi connectivity index (χ3n) is 3.69. The molecule has 0 bridgehead atoms. The molecule has 1 aromatic rings. The number of carbonyl (C=O) groups is 1. The van der Waals surface area contributed by atoms with E-state index in [0.717, 1.165) is 12.8 Å². The molecule has 1 rings (SSSR count). The largest absolute Gasteiger partial charge is 0.497 e. The van der Waals surface area contributed by atoms with Gasteiger partial charge in [-0.25, -0.2) is 0 Å². The van der Waals surface area contributed by atoms with Crippen molar-refractivity contribution >= 4 is 5.97 Å². The molecule has 0 spiro atoms. The normalized spacial score (nSPS) is 15.2. The number of hydrogen-bond acceptors (Lipinski definition) is 4. The molecular weight excluding hydrogens is 256 g/mol. The van der Waals surface area contributed by atoms with Crippen LogP contribution in [0.25, 0.3) is 0 Å². The Balaban J connectivity index is 3.03. The van der Waals surface area contributed by atoms with Crippen LogP contribution in [0.3, 0.4) is 0 Å². The van der Waals surface area contributed by atoms with Crippen LogP contribution in [0.2, 0.25) is 0 Å². The van der Waals surface area contributed by atoms with E-state index in [-0.39, 0.29) is 5.97 Å². The quantitative estimate of drug-likeness (QED) is 0.780. The monoisotopic (exact) mass is 280 g/mol. The average Bonchev–Trinajstić information content (AvgIpc) is 2.47. The zero-order chi connectivity index (χ0) is 15.2. The van der Waals surface area contributed by atoms with Gasteiger partial charge in [0.2, 0.25) is 0 Å². The van der Waals surface area contributed by atoms with Gasteiger partial charge in [0.25, 0.3) is 0 Å². The Labute approximate surface area is 120 Å². The maximum atomic E-state index is 12.0. The van der Waals surface area contributed by atoms with Crippen LogP contribution in [-0.2, 0) is 15.1 Å². The number of rotatable bonds is 7. The molecule has 0 aromatic heterocycles. The molecule has 112 valence electrons. The van der Waals surface area contributed by atoms with E-state index < -0.39 is 11.5 Å². The molecule has 1 N–H and O–H groups in total. The SMILES string of the molecule is CCCCC(C(=O)OC)C(C)(O)c1ccc(OC)cc1. The molecule has 0 saturated heterocycles. The summed E-state index contributed by atoms with van der Waals surface area (Å²) in [6.45, 7) is 3.71. The Kier molecular flexibility index (Phi) is 6.02. The van der Waals surface area contributed by atoms with Crippen LogP contribution in [0.5, 0.6) is 5.75 Å². The van der Waals surface area contributed by atoms with Gasteiger partial charge in [-0.2, -0.15) is 0 Å². The zero-order valence-electron chi connectivity index (χ0n) is 12.7. The van der Waals surface area contributed by atoms with Crippen molar-refractivity contribution in [3.8, 4) is 5.75 Å². The first-order valence-corrected chi connectivity index (χ1v) is 6.92. The lowest BCUT2D eigenvalue weighted by molar-refractivity contribution is -0.156. The molecule has 0 aliphatic carbocycles. The summed E-state index contributed by atoms with van der Waals surface area (Å²) in [5, 5.41) is 10.8. The van der Waals surface area contributed by atoms with Crippen LogP contribution in [0, 0.1) is 5.92 Å². The fraction of sp³-hybridized carbons (Fsp3) is 0.562. The van der Waals surface area contributed by atoms with Crippen LogP contribution in [0.15, 0.2) is 24.3 Å². The molecule has 2 unspecified atom stereocenters. The number of benzene rings is 1. The number of unbranched alkanes of at least 4 members (excludes halogenated alkanes) is 1. The van der Waals surface area contributed by atoms with Crippen molar-refractivity contribution in [2.45, 2.75) is 38.7 Å². The maximum absolute atomic E-state index is 12.0. The third-order valence-corrected chi connectivity index (χ3v) is 3.69. The number of aliphatic hydroxyl groups is 1. The number of methoxy groups -OCH3 is 2. The van der Waals surface area contributed by atoms with Crippen LogP contribution < -0.4 is 4.74 Å². The fourth-order valence-corrected chi connectivity index (χ4v) is 2.31. The highest BCUT2D eigenvalue weighted by Gasteiger charge is 2.39. The predicted molar refractivity (Wildman–Crippen MR) is 77.6 cm³/mol. The van der Waals surface area contributed by atoms with Gasteiger partial charge < -0.3 is 14.6 Å².